The Morgan fingerprint density at radius 2 is 1.09 bits per heavy atom. The molecule has 0 aliphatic heterocycles. The summed E-state index contributed by atoms with van der Waals surface area (Å²) in [6.07, 6.45) is 5.09. The van der Waals surface area contributed by atoms with Crippen molar-refractivity contribution in [2.75, 3.05) is 39.5 Å². The molecule has 0 heterocycles. The van der Waals surface area contributed by atoms with Gasteiger partial charge in [-0.05, 0) is 80.1 Å². The molecule has 55 heavy (non-hydrogen) atoms. The highest BCUT2D eigenvalue weighted by molar-refractivity contribution is 5.87. The van der Waals surface area contributed by atoms with E-state index in [9.17, 15) is 44.4 Å². The van der Waals surface area contributed by atoms with Crippen LogP contribution in [0, 0.1) is 0 Å². The van der Waals surface area contributed by atoms with E-state index < -0.39 is 53.4 Å². The van der Waals surface area contributed by atoms with Gasteiger partial charge in [-0.25, -0.2) is 15.2 Å². The van der Waals surface area contributed by atoms with Gasteiger partial charge in [-0.1, -0.05) is 16.7 Å². The summed E-state index contributed by atoms with van der Waals surface area (Å²) in [6, 6.07) is -2.58. The minimum absolute atomic E-state index is 0.0154. The van der Waals surface area contributed by atoms with Crippen molar-refractivity contribution in [2.45, 2.75) is 123 Å². The minimum Gasteiger partial charge on any atom is -0.464 e. The number of hydrogen-bond donors (Lipinski definition) is 6. The van der Waals surface area contributed by atoms with Gasteiger partial charge in [0.2, 0.25) is 6.41 Å². The molecule has 0 spiro atoms. The Balaban J connectivity index is 4.52. The number of esters is 3. The quantitative estimate of drug-likeness (QED) is 0.0126. The van der Waals surface area contributed by atoms with Crippen molar-refractivity contribution in [1.29, 1.82) is 0 Å². The van der Waals surface area contributed by atoms with Crippen molar-refractivity contribution < 1.29 is 58.6 Å². The second kappa shape index (κ2) is 27.4. The number of amides is 3. The molecule has 0 saturated heterocycles. The first-order valence-corrected chi connectivity index (χ1v) is 18.4. The van der Waals surface area contributed by atoms with Crippen LogP contribution in [0.3, 0.4) is 0 Å². The molecule has 0 bridgehead atoms. The van der Waals surface area contributed by atoms with Gasteiger partial charge >= 0.3 is 17.9 Å². The fourth-order valence-electron chi connectivity index (χ4n) is 4.64. The summed E-state index contributed by atoms with van der Waals surface area (Å²) in [4.78, 5) is 72.2. The number of nitrogens with two attached hydrogens (primary N) is 2. The lowest BCUT2D eigenvalue weighted by molar-refractivity contribution is -0.160. The van der Waals surface area contributed by atoms with Crippen molar-refractivity contribution in [3.05, 3.63) is 35.5 Å². The van der Waals surface area contributed by atoms with Crippen LogP contribution in [0.15, 0.2) is 35.5 Å². The molecule has 314 valence electrons. The van der Waals surface area contributed by atoms with Gasteiger partial charge in [0, 0.05) is 56.6 Å². The molecule has 3 atom stereocenters. The highest BCUT2D eigenvalue weighted by Crippen LogP contribution is 2.11. The maximum Gasteiger partial charge on any atom is 0.323 e. The van der Waals surface area contributed by atoms with Crippen LogP contribution in [-0.4, -0.2) is 130 Å². The molecule has 0 saturated carbocycles. The monoisotopic (exact) mass is 784 g/mol. The SMILES string of the molecule is C=C(C)CCOC(=O)C(N)CCCN(O)C(=O)/C=C(/C)CCOC(=O)C(N)CCCN(O)C(=O)/C=C(/C)CCOC(=O)C(CCCN(O)C=O)NC(C)(C)C. The number of carbonyl (C=O) groups excluding carboxylic acids is 6. The average molecular weight is 785 g/mol. The molecule has 0 fully saturated rings. The van der Waals surface area contributed by atoms with Crippen molar-refractivity contribution in [2.24, 2.45) is 11.5 Å². The number of carbonyl (C=O) groups is 6. The number of ether oxygens (including phenoxy) is 3. The molecule has 0 aromatic heterocycles. The molecule has 3 amide bonds. The average Bonchev–Trinajstić information content (AvgIpc) is 3.09. The third kappa shape index (κ3) is 25.5. The zero-order valence-electron chi connectivity index (χ0n) is 33.3. The standard InChI is InChI=1S/C37H64N6O12/c1-26(2)14-20-53-34(47)29(38)11-8-18-42(51)32(45)23-27(3)15-21-54-35(48)30(39)12-9-19-43(52)33(46)24-28(4)16-22-55-36(49)31(40-37(5,6)7)13-10-17-41(50)25-44/h23-25,29-31,40,50-52H,1,8-22,38-39H2,2-7H3/b27-23-,28-24-. The van der Waals surface area contributed by atoms with Crippen LogP contribution in [-0.2, 0) is 43.0 Å². The van der Waals surface area contributed by atoms with Crippen LogP contribution < -0.4 is 16.8 Å². The Labute approximate surface area is 324 Å². The van der Waals surface area contributed by atoms with E-state index in [1.807, 2.05) is 27.7 Å². The molecule has 3 unspecified atom stereocenters. The summed E-state index contributed by atoms with van der Waals surface area (Å²) in [7, 11) is 0. The number of nitrogens with one attached hydrogen (secondary N) is 1. The lowest BCUT2D eigenvalue weighted by Gasteiger charge is -2.27. The summed E-state index contributed by atoms with van der Waals surface area (Å²) in [5.74, 6) is -3.17. The van der Waals surface area contributed by atoms with E-state index in [1.54, 1.807) is 13.8 Å². The number of nitrogens with zero attached hydrogens (tertiary/aromatic N) is 3. The van der Waals surface area contributed by atoms with E-state index in [-0.39, 0.29) is 84.4 Å². The number of rotatable bonds is 28. The van der Waals surface area contributed by atoms with Gasteiger partial charge in [0.15, 0.2) is 0 Å². The zero-order chi connectivity index (χ0) is 42.1. The maximum atomic E-state index is 12.7. The Kier molecular flexibility index (Phi) is 25.3. The summed E-state index contributed by atoms with van der Waals surface area (Å²) in [6.45, 7) is 14.5. The summed E-state index contributed by atoms with van der Waals surface area (Å²) >= 11 is 0. The lowest BCUT2D eigenvalue weighted by atomic mass is 10.0. The fraction of sp³-hybridized carbons (Fsp3) is 0.676. The topological polar surface area (TPSA) is 265 Å². The Bertz CT molecular complexity index is 1320. The van der Waals surface area contributed by atoms with Gasteiger partial charge in [-0.3, -0.25) is 49.7 Å². The van der Waals surface area contributed by atoms with Gasteiger partial charge in [-0.2, -0.15) is 0 Å². The highest BCUT2D eigenvalue weighted by atomic mass is 16.5. The van der Waals surface area contributed by atoms with Crippen molar-refractivity contribution in [3.8, 4) is 0 Å². The van der Waals surface area contributed by atoms with Crippen molar-refractivity contribution in [3.63, 3.8) is 0 Å². The molecule has 0 aliphatic carbocycles. The van der Waals surface area contributed by atoms with Crippen molar-refractivity contribution in [1.82, 2.24) is 20.5 Å². The van der Waals surface area contributed by atoms with E-state index in [2.05, 4.69) is 11.9 Å². The third-order valence-electron chi connectivity index (χ3n) is 7.77. The van der Waals surface area contributed by atoms with Gasteiger partial charge in [0.05, 0.1) is 19.8 Å². The van der Waals surface area contributed by atoms with Gasteiger partial charge in [0.1, 0.15) is 18.1 Å². The Morgan fingerprint density at radius 1 is 0.691 bits per heavy atom. The molecular formula is C37H64N6O12. The predicted octanol–water partition coefficient (Wildman–Crippen LogP) is 2.29. The Hall–Kier alpha value is -4.20. The fourth-order valence-corrected chi connectivity index (χ4v) is 4.64. The molecule has 0 aliphatic rings. The zero-order valence-corrected chi connectivity index (χ0v) is 33.3. The molecule has 8 N–H and O–H groups in total. The second-order valence-corrected chi connectivity index (χ2v) is 14.5. The molecule has 18 heteroatoms. The molecule has 18 nitrogen and oxygen atoms in total. The molecule has 0 aromatic rings. The first kappa shape index (κ1) is 50.8. The number of hydroxylamine groups is 6. The lowest BCUT2D eigenvalue weighted by Crippen LogP contribution is -2.48. The van der Waals surface area contributed by atoms with E-state index >= 15 is 0 Å². The Morgan fingerprint density at radius 3 is 1.49 bits per heavy atom. The van der Waals surface area contributed by atoms with E-state index in [0.717, 1.165) is 5.57 Å². The highest BCUT2D eigenvalue weighted by Gasteiger charge is 2.25. The van der Waals surface area contributed by atoms with Crippen LogP contribution in [0.1, 0.15) is 99.3 Å². The summed E-state index contributed by atoms with van der Waals surface area (Å²) in [5, 5.41) is 34.2. The van der Waals surface area contributed by atoms with Gasteiger partial charge < -0.3 is 25.7 Å². The smallest absolute Gasteiger partial charge is 0.323 e. The molecule has 0 aromatic carbocycles. The van der Waals surface area contributed by atoms with Crippen LogP contribution in [0.5, 0.6) is 0 Å². The van der Waals surface area contributed by atoms with E-state index in [4.69, 9.17) is 25.7 Å². The summed E-state index contributed by atoms with van der Waals surface area (Å²) < 4.78 is 15.6. The van der Waals surface area contributed by atoms with Gasteiger partial charge in [0.25, 0.3) is 11.8 Å². The van der Waals surface area contributed by atoms with Crippen LogP contribution in [0.4, 0.5) is 0 Å². The van der Waals surface area contributed by atoms with Crippen LogP contribution in [0.2, 0.25) is 0 Å². The van der Waals surface area contributed by atoms with E-state index in [0.29, 0.717) is 45.6 Å². The predicted molar refractivity (Wildman–Crippen MR) is 201 cm³/mol. The molecule has 0 rings (SSSR count). The van der Waals surface area contributed by atoms with Gasteiger partial charge in [-0.15, -0.1) is 6.58 Å². The first-order valence-electron chi connectivity index (χ1n) is 18.4. The number of hydrogen-bond acceptors (Lipinski definition) is 15. The summed E-state index contributed by atoms with van der Waals surface area (Å²) in [5.41, 5.74) is 13.3. The maximum absolute atomic E-state index is 12.7. The normalized spacial score (nSPS) is 13.6. The van der Waals surface area contributed by atoms with Crippen LogP contribution >= 0.6 is 0 Å². The minimum atomic E-state index is -1.02. The van der Waals surface area contributed by atoms with Crippen molar-refractivity contribution >= 4 is 36.1 Å². The second-order valence-electron chi connectivity index (χ2n) is 14.5. The molecule has 0 radical (unpaired) electrons. The van der Waals surface area contributed by atoms with Crippen LogP contribution in [0.25, 0.3) is 0 Å². The largest absolute Gasteiger partial charge is 0.464 e. The first-order chi connectivity index (χ1) is 25.7. The van der Waals surface area contributed by atoms with E-state index in [1.165, 1.54) is 12.2 Å². The molecular weight excluding hydrogens is 720 g/mol. The third-order valence-corrected chi connectivity index (χ3v) is 7.77.